The maximum Gasteiger partial charge on any atom is 0.308 e. The first-order valence-electron chi connectivity index (χ1n) is 5.29. The highest BCUT2D eigenvalue weighted by molar-refractivity contribution is 6.05. The number of ketones is 1. The number of nitrogens with zero attached hydrogens (tertiary/aromatic N) is 1. The molecule has 0 spiro atoms. The van der Waals surface area contributed by atoms with Crippen molar-refractivity contribution in [2.24, 2.45) is 7.05 Å². The zero-order valence-electron chi connectivity index (χ0n) is 9.98. The quantitative estimate of drug-likeness (QED) is 0.588. The van der Waals surface area contributed by atoms with Crippen LogP contribution < -0.4 is 4.74 Å². The molecule has 0 saturated carbocycles. The minimum absolute atomic E-state index is 0.125. The molecule has 2 aromatic rings. The summed E-state index contributed by atoms with van der Waals surface area (Å²) in [6, 6.07) is 7.44. The lowest BCUT2D eigenvalue weighted by molar-refractivity contribution is -0.131. The molecular formula is C13H13NO3. The summed E-state index contributed by atoms with van der Waals surface area (Å²) in [5.74, 6) is -0.202. The fraction of sp³-hybridized carbons (Fsp3) is 0.231. The van der Waals surface area contributed by atoms with Crippen molar-refractivity contribution in [1.82, 2.24) is 4.57 Å². The number of hydrogen-bond donors (Lipinski definition) is 0. The molecule has 0 aliphatic heterocycles. The van der Waals surface area contributed by atoms with Gasteiger partial charge in [-0.25, -0.2) is 0 Å². The van der Waals surface area contributed by atoms with Gasteiger partial charge in [0.2, 0.25) is 0 Å². The molecule has 0 aliphatic rings. The fourth-order valence-electron chi connectivity index (χ4n) is 2.00. The molecule has 1 aromatic heterocycles. The standard InChI is InChI=1S/C13H13NO3/c1-8(15)12-13(17-9(2)16)10-6-4-5-7-11(10)14(12)3/h4-7H,1-3H3. The van der Waals surface area contributed by atoms with Gasteiger partial charge >= 0.3 is 5.97 Å². The van der Waals surface area contributed by atoms with Crippen LogP contribution in [0.3, 0.4) is 0 Å². The first kappa shape index (κ1) is 11.4. The van der Waals surface area contributed by atoms with Crippen LogP contribution in [0, 0.1) is 0 Å². The highest BCUT2D eigenvalue weighted by Gasteiger charge is 2.20. The lowest BCUT2D eigenvalue weighted by atomic mass is 10.2. The molecule has 1 aromatic carbocycles. The minimum Gasteiger partial charge on any atom is -0.424 e. The van der Waals surface area contributed by atoms with Gasteiger partial charge in [0, 0.05) is 26.3 Å². The zero-order chi connectivity index (χ0) is 12.6. The summed E-state index contributed by atoms with van der Waals surface area (Å²) in [6.45, 7) is 2.78. The topological polar surface area (TPSA) is 48.3 Å². The van der Waals surface area contributed by atoms with Gasteiger partial charge in [0.15, 0.2) is 11.5 Å². The number of Topliss-reactive ketones (excluding diaryl/α,β-unsaturated/α-hetero) is 1. The number of hydrogen-bond acceptors (Lipinski definition) is 3. The van der Waals surface area contributed by atoms with Gasteiger partial charge in [-0.05, 0) is 12.1 Å². The number of fused-ring (bicyclic) bond motifs is 1. The van der Waals surface area contributed by atoms with Crippen LogP contribution in [0.1, 0.15) is 24.3 Å². The summed E-state index contributed by atoms with van der Waals surface area (Å²) < 4.78 is 6.91. The largest absolute Gasteiger partial charge is 0.424 e. The summed E-state index contributed by atoms with van der Waals surface area (Å²) in [5, 5.41) is 0.774. The number of para-hydroxylation sites is 1. The SMILES string of the molecule is CC(=O)Oc1c(C(C)=O)n(C)c2ccccc12. The predicted molar refractivity (Wildman–Crippen MR) is 64.2 cm³/mol. The van der Waals surface area contributed by atoms with Crippen molar-refractivity contribution in [3.05, 3.63) is 30.0 Å². The van der Waals surface area contributed by atoms with E-state index >= 15 is 0 Å². The van der Waals surface area contributed by atoms with E-state index in [2.05, 4.69) is 0 Å². The van der Waals surface area contributed by atoms with E-state index < -0.39 is 5.97 Å². The molecule has 0 aliphatic carbocycles. The highest BCUT2D eigenvalue weighted by atomic mass is 16.5. The Balaban J connectivity index is 2.80. The smallest absolute Gasteiger partial charge is 0.308 e. The molecule has 0 saturated heterocycles. The van der Waals surface area contributed by atoms with E-state index in [1.165, 1.54) is 13.8 Å². The molecule has 0 unspecified atom stereocenters. The number of rotatable bonds is 2. The third kappa shape index (κ3) is 1.82. The minimum atomic E-state index is -0.427. The number of carbonyl (C=O) groups is 2. The zero-order valence-corrected chi connectivity index (χ0v) is 9.98. The number of carbonyl (C=O) groups excluding carboxylic acids is 2. The molecule has 0 N–H and O–H groups in total. The second-order valence-electron chi connectivity index (χ2n) is 3.90. The van der Waals surface area contributed by atoms with E-state index in [-0.39, 0.29) is 5.78 Å². The average Bonchev–Trinajstić information content (AvgIpc) is 2.52. The lowest BCUT2D eigenvalue weighted by Crippen LogP contribution is -2.07. The Hall–Kier alpha value is -2.10. The van der Waals surface area contributed by atoms with Gasteiger partial charge in [-0.3, -0.25) is 9.59 Å². The van der Waals surface area contributed by atoms with Crippen molar-refractivity contribution in [2.75, 3.05) is 0 Å². The van der Waals surface area contributed by atoms with Gasteiger partial charge in [0.05, 0.1) is 5.52 Å². The Kier molecular flexibility index (Phi) is 2.71. The summed E-state index contributed by atoms with van der Waals surface area (Å²) in [5.41, 5.74) is 1.29. The maximum absolute atomic E-state index is 11.6. The van der Waals surface area contributed by atoms with Gasteiger partial charge in [0.25, 0.3) is 0 Å². The van der Waals surface area contributed by atoms with E-state index in [4.69, 9.17) is 4.74 Å². The van der Waals surface area contributed by atoms with Gasteiger partial charge in [-0.15, -0.1) is 0 Å². The van der Waals surface area contributed by atoms with Crippen molar-refractivity contribution < 1.29 is 14.3 Å². The summed E-state index contributed by atoms with van der Waals surface area (Å²) in [6.07, 6.45) is 0. The van der Waals surface area contributed by atoms with E-state index in [0.29, 0.717) is 11.4 Å². The molecule has 1 heterocycles. The van der Waals surface area contributed by atoms with Crippen molar-refractivity contribution >= 4 is 22.7 Å². The van der Waals surface area contributed by atoms with Crippen LogP contribution in [0.4, 0.5) is 0 Å². The predicted octanol–water partition coefficient (Wildman–Crippen LogP) is 2.31. The monoisotopic (exact) mass is 231 g/mol. The molecule has 4 nitrogen and oxygen atoms in total. The lowest BCUT2D eigenvalue weighted by Gasteiger charge is -2.03. The van der Waals surface area contributed by atoms with E-state index in [0.717, 1.165) is 10.9 Å². The summed E-state index contributed by atoms with van der Waals surface area (Å²) in [4.78, 5) is 22.7. The Bertz CT molecular complexity index is 610. The summed E-state index contributed by atoms with van der Waals surface area (Å²) in [7, 11) is 1.78. The number of ether oxygens (including phenoxy) is 1. The Morgan fingerprint density at radius 3 is 2.41 bits per heavy atom. The second kappa shape index (κ2) is 4.05. The van der Waals surface area contributed by atoms with Gasteiger partial charge in [0.1, 0.15) is 5.69 Å². The van der Waals surface area contributed by atoms with Crippen molar-refractivity contribution in [2.45, 2.75) is 13.8 Å². The van der Waals surface area contributed by atoms with Crippen molar-refractivity contribution in [1.29, 1.82) is 0 Å². The molecule has 0 atom stereocenters. The Morgan fingerprint density at radius 2 is 1.82 bits per heavy atom. The second-order valence-corrected chi connectivity index (χ2v) is 3.90. The molecule has 0 amide bonds. The van der Waals surface area contributed by atoms with Crippen LogP contribution in [-0.4, -0.2) is 16.3 Å². The third-order valence-corrected chi connectivity index (χ3v) is 2.64. The Labute approximate surface area is 98.8 Å². The highest BCUT2D eigenvalue weighted by Crippen LogP contribution is 2.32. The molecule has 0 fully saturated rings. The van der Waals surface area contributed by atoms with Crippen molar-refractivity contribution in [3.8, 4) is 5.75 Å². The first-order chi connectivity index (χ1) is 8.02. The number of benzene rings is 1. The van der Waals surface area contributed by atoms with Gasteiger partial charge in [-0.2, -0.15) is 0 Å². The van der Waals surface area contributed by atoms with Crippen LogP contribution in [0.25, 0.3) is 10.9 Å². The first-order valence-corrected chi connectivity index (χ1v) is 5.29. The third-order valence-electron chi connectivity index (χ3n) is 2.64. The van der Waals surface area contributed by atoms with Crippen molar-refractivity contribution in [3.63, 3.8) is 0 Å². The Morgan fingerprint density at radius 1 is 1.18 bits per heavy atom. The fourth-order valence-corrected chi connectivity index (χ4v) is 2.00. The molecular weight excluding hydrogens is 218 g/mol. The molecule has 0 bridgehead atoms. The number of esters is 1. The summed E-state index contributed by atoms with van der Waals surface area (Å²) >= 11 is 0. The number of aromatic nitrogens is 1. The molecule has 4 heteroatoms. The molecule has 2 rings (SSSR count). The van der Waals surface area contributed by atoms with Crippen LogP contribution in [-0.2, 0) is 11.8 Å². The van der Waals surface area contributed by atoms with Crippen LogP contribution in [0.2, 0.25) is 0 Å². The van der Waals surface area contributed by atoms with E-state index in [1.807, 2.05) is 24.3 Å². The van der Waals surface area contributed by atoms with Gasteiger partial charge < -0.3 is 9.30 Å². The molecule has 88 valence electrons. The normalized spacial score (nSPS) is 10.5. The van der Waals surface area contributed by atoms with Crippen LogP contribution in [0.5, 0.6) is 5.75 Å². The van der Waals surface area contributed by atoms with Crippen LogP contribution in [0.15, 0.2) is 24.3 Å². The average molecular weight is 231 g/mol. The van der Waals surface area contributed by atoms with E-state index in [9.17, 15) is 9.59 Å². The molecule has 0 radical (unpaired) electrons. The number of aryl methyl sites for hydroxylation is 1. The van der Waals surface area contributed by atoms with Crippen LogP contribution >= 0.6 is 0 Å². The maximum atomic E-state index is 11.6. The van der Waals surface area contributed by atoms with E-state index in [1.54, 1.807) is 11.6 Å². The molecule has 17 heavy (non-hydrogen) atoms. The van der Waals surface area contributed by atoms with Gasteiger partial charge in [-0.1, -0.05) is 12.1 Å².